The van der Waals surface area contributed by atoms with Gasteiger partial charge in [0, 0.05) is 5.56 Å². The van der Waals surface area contributed by atoms with Crippen LogP contribution in [0.15, 0.2) is 53.0 Å². The third kappa shape index (κ3) is 2.50. The zero-order chi connectivity index (χ0) is 23.1. The average Bonchev–Trinajstić information content (AvgIpc) is 3.03. The molecule has 2 heterocycles. The second kappa shape index (κ2) is 7.64. The molecule has 32 heavy (non-hydrogen) atoms. The molecule has 0 saturated carbocycles. The largest absolute Gasteiger partial charge is 0.496 e. The van der Waals surface area contributed by atoms with E-state index < -0.39 is 34.5 Å². The van der Waals surface area contributed by atoms with E-state index in [2.05, 4.69) is 34.1 Å². The molecule has 2 bridgehead atoms. The summed E-state index contributed by atoms with van der Waals surface area (Å²) in [5, 5.41) is 39.8. The minimum absolute atomic E-state index is 0.356. The van der Waals surface area contributed by atoms with Crippen LogP contribution in [0.5, 0.6) is 5.75 Å². The first-order valence-electron chi connectivity index (χ1n) is 9.99. The van der Waals surface area contributed by atoms with Crippen molar-refractivity contribution in [2.24, 2.45) is 16.7 Å². The van der Waals surface area contributed by atoms with Crippen LogP contribution in [0.1, 0.15) is 30.6 Å². The van der Waals surface area contributed by atoms with Gasteiger partial charge in [0.15, 0.2) is 5.41 Å². The summed E-state index contributed by atoms with van der Waals surface area (Å²) >= 11 is 3.44. The molecule has 2 saturated heterocycles. The summed E-state index contributed by atoms with van der Waals surface area (Å²) in [7, 11) is 1.53. The average molecular weight is 491 g/mol. The summed E-state index contributed by atoms with van der Waals surface area (Å²) in [6.07, 6.45) is -0.806. The van der Waals surface area contributed by atoms with Crippen LogP contribution in [0.2, 0.25) is 0 Å². The van der Waals surface area contributed by atoms with E-state index in [0.717, 1.165) is 0 Å². The fraction of sp³-hybridized carbons (Fsp3) is 0.333. The van der Waals surface area contributed by atoms with Gasteiger partial charge in [-0.05, 0) is 40.0 Å². The first-order chi connectivity index (χ1) is 15.4. The summed E-state index contributed by atoms with van der Waals surface area (Å²) in [4.78, 5) is 0. The predicted octanol–water partition coefficient (Wildman–Crippen LogP) is 4.96. The van der Waals surface area contributed by atoms with Crippen molar-refractivity contribution < 1.29 is 14.2 Å². The van der Waals surface area contributed by atoms with Gasteiger partial charge in [0.2, 0.25) is 17.1 Å². The number of hydrogen-bond donors (Lipinski definition) is 1. The van der Waals surface area contributed by atoms with E-state index in [-0.39, 0.29) is 0 Å². The quantitative estimate of drug-likeness (QED) is 0.645. The van der Waals surface area contributed by atoms with Crippen molar-refractivity contribution >= 4 is 21.8 Å². The molecular formula is C24H19BrN4O3. The van der Waals surface area contributed by atoms with Gasteiger partial charge in [0.1, 0.15) is 11.9 Å². The number of halogens is 1. The van der Waals surface area contributed by atoms with E-state index >= 15 is 0 Å². The highest BCUT2D eigenvalue weighted by atomic mass is 79.9. The maximum Gasteiger partial charge on any atom is 0.244 e. The monoisotopic (exact) mass is 490 g/mol. The Labute approximate surface area is 194 Å². The topological polar surface area (TPSA) is 123 Å². The normalized spacial score (nSPS) is 29.8. The Morgan fingerprint density at radius 2 is 1.78 bits per heavy atom. The molecule has 4 atom stereocenters. The standard InChI is InChI=1S/C24H19BrN4O3/c1-3-19-23(14-28)21(29)32-24(19,16-7-5-4-6-8-16)31-20(22(23,12-26)13-27)15-9-10-18(30-2)17(25)11-15/h4-11,19-20,29H,3H2,1-2H3. The highest BCUT2D eigenvalue weighted by Gasteiger charge is 2.80. The number of methoxy groups -OCH3 is 1. The van der Waals surface area contributed by atoms with Crippen LogP contribution in [-0.4, -0.2) is 13.0 Å². The lowest BCUT2D eigenvalue weighted by Gasteiger charge is -2.49. The third-order valence-electron chi connectivity index (χ3n) is 6.49. The lowest BCUT2D eigenvalue weighted by molar-refractivity contribution is -0.292. The number of hydrogen-bond acceptors (Lipinski definition) is 7. The first-order valence-corrected chi connectivity index (χ1v) is 10.8. The summed E-state index contributed by atoms with van der Waals surface area (Å²) in [5.41, 5.74) is -2.72. The van der Waals surface area contributed by atoms with Crippen molar-refractivity contribution in [3.8, 4) is 24.0 Å². The number of nitrogens with zero attached hydrogens (tertiary/aromatic N) is 3. The van der Waals surface area contributed by atoms with E-state index in [1.54, 1.807) is 30.3 Å². The Morgan fingerprint density at radius 1 is 1.09 bits per heavy atom. The third-order valence-corrected chi connectivity index (χ3v) is 7.11. The van der Waals surface area contributed by atoms with Gasteiger partial charge in [0.25, 0.3) is 0 Å². The molecule has 2 aromatic rings. The Balaban J connectivity index is 2.05. The Bertz CT molecular complexity index is 1200. The van der Waals surface area contributed by atoms with Crippen molar-refractivity contribution in [1.82, 2.24) is 0 Å². The van der Waals surface area contributed by atoms with Gasteiger partial charge in [-0.25, -0.2) is 0 Å². The molecular weight excluding hydrogens is 472 g/mol. The minimum atomic E-state index is -2.01. The number of nitrogens with one attached hydrogen (secondary N) is 1. The van der Waals surface area contributed by atoms with Crippen LogP contribution in [0.4, 0.5) is 0 Å². The van der Waals surface area contributed by atoms with Crippen LogP contribution in [0, 0.1) is 56.2 Å². The fourth-order valence-corrected chi connectivity index (χ4v) is 5.61. The molecule has 2 aliphatic heterocycles. The Kier molecular flexibility index (Phi) is 5.21. The van der Waals surface area contributed by atoms with Gasteiger partial charge in [-0.2, -0.15) is 15.8 Å². The van der Waals surface area contributed by atoms with Gasteiger partial charge in [-0.15, -0.1) is 0 Å². The van der Waals surface area contributed by atoms with E-state index in [0.29, 0.717) is 27.8 Å². The summed E-state index contributed by atoms with van der Waals surface area (Å²) in [6, 6.07) is 20.5. The molecule has 0 aliphatic carbocycles. The van der Waals surface area contributed by atoms with Gasteiger partial charge in [0.05, 0.1) is 35.7 Å². The van der Waals surface area contributed by atoms with Crippen LogP contribution < -0.4 is 4.74 Å². The number of benzene rings is 2. The second-order valence-corrected chi connectivity index (χ2v) is 8.62. The van der Waals surface area contributed by atoms with Crippen molar-refractivity contribution in [3.05, 3.63) is 64.1 Å². The second-order valence-electron chi connectivity index (χ2n) is 7.77. The molecule has 0 aromatic heterocycles. The fourth-order valence-electron chi connectivity index (χ4n) is 5.05. The van der Waals surface area contributed by atoms with Gasteiger partial charge >= 0.3 is 0 Å². The molecule has 4 unspecified atom stereocenters. The molecule has 8 heteroatoms. The lowest BCUT2D eigenvalue weighted by Crippen LogP contribution is -2.58. The molecule has 4 rings (SSSR count). The summed E-state index contributed by atoms with van der Waals surface area (Å²) in [5.74, 6) is -2.09. The summed E-state index contributed by atoms with van der Waals surface area (Å²) < 4.78 is 18.5. The highest BCUT2D eigenvalue weighted by Crippen LogP contribution is 2.69. The smallest absolute Gasteiger partial charge is 0.244 e. The maximum atomic E-state index is 10.4. The SMILES string of the molecule is CCC1C2(c3ccccc3)OC(=N)C1(C#N)C(C#N)(C#N)C(c1ccc(OC)c(Br)c1)O2. The van der Waals surface area contributed by atoms with E-state index in [4.69, 9.17) is 19.6 Å². The summed E-state index contributed by atoms with van der Waals surface area (Å²) in [6.45, 7) is 1.84. The molecule has 0 radical (unpaired) electrons. The number of ether oxygens (including phenoxy) is 3. The minimum Gasteiger partial charge on any atom is -0.496 e. The molecule has 2 fully saturated rings. The van der Waals surface area contributed by atoms with Crippen LogP contribution >= 0.6 is 15.9 Å². The molecule has 0 spiro atoms. The van der Waals surface area contributed by atoms with Crippen LogP contribution in [0.25, 0.3) is 0 Å². The van der Waals surface area contributed by atoms with E-state index in [1.807, 2.05) is 25.1 Å². The Morgan fingerprint density at radius 3 is 2.31 bits per heavy atom. The van der Waals surface area contributed by atoms with Crippen molar-refractivity contribution in [1.29, 1.82) is 21.2 Å². The van der Waals surface area contributed by atoms with Gasteiger partial charge < -0.3 is 14.2 Å². The van der Waals surface area contributed by atoms with Gasteiger partial charge in [-0.1, -0.05) is 43.3 Å². The van der Waals surface area contributed by atoms with E-state index in [1.165, 1.54) is 7.11 Å². The predicted molar refractivity (Wildman–Crippen MR) is 117 cm³/mol. The molecule has 160 valence electrons. The highest BCUT2D eigenvalue weighted by molar-refractivity contribution is 9.10. The zero-order valence-electron chi connectivity index (χ0n) is 17.4. The molecule has 7 nitrogen and oxygen atoms in total. The van der Waals surface area contributed by atoms with Gasteiger partial charge in [-0.3, -0.25) is 5.41 Å². The molecule has 1 N–H and O–H groups in total. The number of rotatable bonds is 4. The van der Waals surface area contributed by atoms with Crippen molar-refractivity contribution in [3.63, 3.8) is 0 Å². The van der Waals surface area contributed by atoms with Crippen molar-refractivity contribution in [2.45, 2.75) is 25.2 Å². The lowest BCUT2D eigenvalue weighted by atomic mass is 9.52. The zero-order valence-corrected chi connectivity index (χ0v) is 19.0. The first kappa shape index (κ1) is 21.8. The number of fused-ring (bicyclic) bond motifs is 2. The van der Waals surface area contributed by atoms with Crippen LogP contribution in [-0.2, 0) is 15.3 Å². The number of nitriles is 3. The van der Waals surface area contributed by atoms with Crippen molar-refractivity contribution in [2.75, 3.05) is 7.11 Å². The Hall–Kier alpha value is -3.38. The molecule has 0 amide bonds. The van der Waals surface area contributed by atoms with Crippen LogP contribution in [0.3, 0.4) is 0 Å². The molecule has 2 aliphatic rings. The van der Waals surface area contributed by atoms with E-state index in [9.17, 15) is 15.8 Å². The molecule has 2 aromatic carbocycles. The maximum absolute atomic E-state index is 10.4.